The summed E-state index contributed by atoms with van der Waals surface area (Å²) >= 11 is 1.38. The van der Waals surface area contributed by atoms with Crippen LogP contribution >= 0.6 is 12.0 Å². The van der Waals surface area contributed by atoms with E-state index in [9.17, 15) is 4.79 Å². The van der Waals surface area contributed by atoms with E-state index in [2.05, 4.69) is 13.8 Å². The topological polar surface area (TPSA) is 26.3 Å². The van der Waals surface area contributed by atoms with Crippen molar-refractivity contribution in [1.82, 2.24) is 0 Å². The van der Waals surface area contributed by atoms with Crippen LogP contribution in [-0.2, 0) is 8.98 Å². The molecule has 0 spiro atoms. The van der Waals surface area contributed by atoms with Crippen LogP contribution in [0.5, 0.6) is 0 Å². The van der Waals surface area contributed by atoms with Gasteiger partial charge in [-0.15, -0.1) is 0 Å². The fourth-order valence-corrected chi connectivity index (χ4v) is 2.59. The Morgan fingerprint density at radius 2 is 1.61 bits per heavy atom. The second kappa shape index (κ2) is 13.3. The first-order chi connectivity index (χ1) is 8.74. The molecule has 0 saturated carbocycles. The molecule has 0 aromatic rings. The second-order valence-corrected chi connectivity index (χ2v) is 5.87. The molecule has 0 aromatic carbocycles. The summed E-state index contributed by atoms with van der Waals surface area (Å²) in [6.45, 7) is 6.25. The minimum atomic E-state index is -0.0991. The fraction of sp³-hybridized carbons (Fsp3) is 0.933. The molecule has 1 atom stereocenters. The first-order valence-corrected chi connectivity index (χ1v) is 8.41. The molecule has 3 heteroatoms. The number of carbonyl (C=O) groups excluding carboxylic acids is 1. The summed E-state index contributed by atoms with van der Waals surface area (Å²) in [5, 5.41) is 0.483. The predicted octanol–water partition coefficient (Wildman–Crippen LogP) is 5.51. The summed E-state index contributed by atoms with van der Waals surface area (Å²) in [4.78, 5) is 11.1. The van der Waals surface area contributed by atoms with Gasteiger partial charge in [0.2, 0.25) is 0 Å². The summed E-state index contributed by atoms with van der Waals surface area (Å²) in [7, 11) is 0. The average Bonchev–Trinajstić information content (AvgIpc) is 2.40. The SMILES string of the molecule is CCCCCCCCCC(CC)SOC(=O)CC. The lowest BCUT2D eigenvalue weighted by atomic mass is 10.1. The Morgan fingerprint density at radius 1 is 1.00 bits per heavy atom. The zero-order valence-electron chi connectivity index (χ0n) is 12.4. The molecular weight excluding hydrogens is 244 g/mol. The monoisotopic (exact) mass is 274 g/mol. The molecule has 0 aromatic heterocycles. The van der Waals surface area contributed by atoms with Crippen LogP contribution in [0.2, 0.25) is 0 Å². The Kier molecular flexibility index (Phi) is 13.1. The number of carbonyl (C=O) groups is 1. The molecule has 0 N–H and O–H groups in total. The Bertz CT molecular complexity index is 195. The molecule has 0 fully saturated rings. The van der Waals surface area contributed by atoms with Gasteiger partial charge in [0, 0.05) is 11.7 Å². The Labute approximate surface area is 117 Å². The smallest absolute Gasteiger partial charge is 0.317 e. The minimum absolute atomic E-state index is 0.0991. The van der Waals surface area contributed by atoms with Crippen LogP contribution in [0.1, 0.15) is 85.0 Å². The van der Waals surface area contributed by atoms with Crippen LogP contribution < -0.4 is 0 Å². The van der Waals surface area contributed by atoms with Crippen molar-refractivity contribution in [2.24, 2.45) is 0 Å². The molecule has 0 amide bonds. The maximum absolute atomic E-state index is 11.1. The van der Waals surface area contributed by atoms with Gasteiger partial charge in [0.1, 0.15) is 0 Å². The highest BCUT2D eigenvalue weighted by Crippen LogP contribution is 2.22. The minimum Gasteiger partial charge on any atom is -0.391 e. The van der Waals surface area contributed by atoms with Gasteiger partial charge in [-0.3, -0.25) is 4.79 Å². The molecule has 1 unspecified atom stereocenters. The van der Waals surface area contributed by atoms with Gasteiger partial charge in [-0.25, -0.2) is 0 Å². The Balaban J connectivity index is 3.41. The third-order valence-electron chi connectivity index (χ3n) is 3.15. The van der Waals surface area contributed by atoms with E-state index in [1.807, 2.05) is 6.92 Å². The van der Waals surface area contributed by atoms with Gasteiger partial charge in [0.05, 0.1) is 12.0 Å². The zero-order chi connectivity index (χ0) is 13.6. The van der Waals surface area contributed by atoms with Gasteiger partial charge in [0.15, 0.2) is 0 Å². The fourth-order valence-electron chi connectivity index (χ4n) is 1.83. The molecule has 0 aliphatic carbocycles. The molecule has 0 saturated heterocycles. The molecule has 108 valence electrons. The van der Waals surface area contributed by atoms with E-state index in [-0.39, 0.29) is 5.97 Å². The first kappa shape index (κ1) is 17.8. The van der Waals surface area contributed by atoms with Crippen molar-refractivity contribution in [2.45, 2.75) is 90.2 Å². The summed E-state index contributed by atoms with van der Waals surface area (Å²) < 4.78 is 5.13. The van der Waals surface area contributed by atoms with Crippen LogP contribution in [0.4, 0.5) is 0 Å². The number of hydrogen-bond acceptors (Lipinski definition) is 3. The van der Waals surface area contributed by atoms with Gasteiger partial charge >= 0.3 is 5.97 Å². The van der Waals surface area contributed by atoms with Crippen molar-refractivity contribution in [3.8, 4) is 0 Å². The highest BCUT2D eigenvalue weighted by atomic mass is 32.2. The largest absolute Gasteiger partial charge is 0.391 e. The summed E-state index contributed by atoms with van der Waals surface area (Å²) in [6, 6.07) is 0. The van der Waals surface area contributed by atoms with Gasteiger partial charge in [-0.1, -0.05) is 65.7 Å². The Morgan fingerprint density at radius 3 is 2.17 bits per heavy atom. The third kappa shape index (κ3) is 10.9. The molecule has 0 aliphatic heterocycles. The van der Waals surface area contributed by atoms with Gasteiger partial charge < -0.3 is 4.18 Å². The van der Waals surface area contributed by atoms with Crippen molar-refractivity contribution in [2.75, 3.05) is 0 Å². The van der Waals surface area contributed by atoms with Crippen molar-refractivity contribution in [3.63, 3.8) is 0 Å². The van der Waals surface area contributed by atoms with E-state index >= 15 is 0 Å². The van der Waals surface area contributed by atoms with Gasteiger partial charge in [-0.2, -0.15) is 0 Å². The van der Waals surface area contributed by atoms with E-state index in [1.54, 1.807) is 0 Å². The predicted molar refractivity (Wildman–Crippen MR) is 80.7 cm³/mol. The molecule has 0 rings (SSSR count). The lowest BCUT2D eigenvalue weighted by Gasteiger charge is -2.12. The molecule has 0 heterocycles. The number of rotatable bonds is 12. The van der Waals surface area contributed by atoms with Crippen LogP contribution in [0, 0.1) is 0 Å². The van der Waals surface area contributed by atoms with Crippen LogP contribution in [0.3, 0.4) is 0 Å². The normalized spacial score (nSPS) is 12.4. The van der Waals surface area contributed by atoms with Crippen LogP contribution in [0.15, 0.2) is 0 Å². The van der Waals surface area contributed by atoms with E-state index in [0.29, 0.717) is 11.7 Å². The Hall–Kier alpha value is -0.180. The summed E-state index contributed by atoms with van der Waals surface area (Å²) in [6.07, 6.45) is 12.1. The lowest BCUT2D eigenvalue weighted by Crippen LogP contribution is -2.05. The van der Waals surface area contributed by atoms with Crippen LogP contribution in [0.25, 0.3) is 0 Å². The highest BCUT2D eigenvalue weighted by molar-refractivity contribution is 7.95. The standard InChI is InChI=1S/C15H30O2S/c1-4-7-8-9-10-11-12-13-14(5-2)18-17-15(16)6-3/h14H,4-13H2,1-3H3. The lowest BCUT2D eigenvalue weighted by molar-refractivity contribution is -0.132. The molecule has 2 nitrogen and oxygen atoms in total. The average molecular weight is 274 g/mol. The van der Waals surface area contributed by atoms with Gasteiger partial charge in [-0.05, 0) is 12.8 Å². The molecule has 0 aliphatic rings. The van der Waals surface area contributed by atoms with Crippen molar-refractivity contribution >= 4 is 18.0 Å². The van der Waals surface area contributed by atoms with Crippen molar-refractivity contribution < 1.29 is 8.98 Å². The number of hydrogen-bond donors (Lipinski definition) is 0. The third-order valence-corrected chi connectivity index (χ3v) is 4.27. The molecule has 0 bridgehead atoms. The summed E-state index contributed by atoms with van der Waals surface area (Å²) in [5.41, 5.74) is 0. The van der Waals surface area contributed by atoms with Crippen molar-refractivity contribution in [3.05, 3.63) is 0 Å². The van der Waals surface area contributed by atoms with Crippen LogP contribution in [-0.4, -0.2) is 11.2 Å². The van der Waals surface area contributed by atoms with E-state index in [0.717, 1.165) is 6.42 Å². The van der Waals surface area contributed by atoms with E-state index in [4.69, 9.17) is 4.18 Å². The molecule has 18 heavy (non-hydrogen) atoms. The maximum Gasteiger partial charge on any atom is 0.317 e. The zero-order valence-corrected chi connectivity index (χ0v) is 13.2. The van der Waals surface area contributed by atoms with Gasteiger partial charge in [0.25, 0.3) is 0 Å². The van der Waals surface area contributed by atoms with E-state index in [1.165, 1.54) is 63.4 Å². The maximum atomic E-state index is 11.1. The second-order valence-electron chi connectivity index (χ2n) is 4.85. The number of unbranched alkanes of at least 4 members (excludes halogenated alkanes) is 6. The van der Waals surface area contributed by atoms with Crippen molar-refractivity contribution in [1.29, 1.82) is 0 Å². The highest BCUT2D eigenvalue weighted by Gasteiger charge is 2.10. The van der Waals surface area contributed by atoms with E-state index < -0.39 is 0 Å². The summed E-state index contributed by atoms with van der Waals surface area (Å²) in [5.74, 6) is -0.0991. The quantitative estimate of drug-likeness (QED) is 0.347. The molecule has 0 radical (unpaired) electrons. The molecular formula is C15H30O2S. The first-order valence-electron chi connectivity index (χ1n) is 7.60.